The average molecular weight is 202 g/mol. The lowest BCUT2D eigenvalue weighted by Gasteiger charge is -1.98. The second kappa shape index (κ2) is 8.18. The van der Waals surface area contributed by atoms with Crippen LogP contribution in [0.1, 0.15) is 32.6 Å². The van der Waals surface area contributed by atoms with Gasteiger partial charge in [-0.25, -0.2) is 4.79 Å². The molecule has 0 aromatic rings. The largest absolute Gasteiger partial charge is 0.373 e. The highest BCUT2D eigenvalue weighted by Gasteiger charge is 2.04. The maximum atomic E-state index is 10.8. The number of carbonyl (C=O) groups excluding carboxylic acids is 2. The zero-order valence-electron chi connectivity index (χ0n) is 8.06. The smallest absolute Gasteiger partial charge is 0.334 e. The van der Waals surface area contributed by atoms with Gasteiger partial charge in [-0.3, -0.25) is 4.79 Å². The Kier molecular flexibility index (Phi) is 7.35. The molecule has 0 saturated heterocycles. The summed E-state index contributed by atoms with van der Waals surface area (Å²) in [6.45, 7) is 1.64. The SMILES string of the molecule is CC=NOC(=O)CCCCC(=O)ON. The van der Waals surface area contributed by atoms with E-state index in [-0.39, 0.29) is 12.8 Å². The Bertz CT molecular complexity index is 215. The molecule has 0 amide bonds. The number of hydrogen-bond donors (Lipinski definition) is 1. The maximum Gasteiger partial charge on any atom is 0.334 e. The van der Waals surface area contributed by atoms with Crippen molar-refractivity contribution < 1.29 is 19.3 Å². The van der Waals surface area contributed by atoms with E-state index >= 15 is 0 Å². The van der Waals surface area contributed by atoms with E-state index in [0.29, 0.717) is 12.8 Å². The van der Waals surface area contributed by atoms with E-state index in [9.17, 15) is 9.59 Å². The first kappa shape index (κ1) is 12.6. The molecule has 0 bridgehead atoms. The van der Waals surface area contributed by atoms with Gasteiger partial charge in [0.25, 0.3) is 0 Å². The fourth-order valence-corrected chi connectivity index (χ4v) is 0.755. The van der Waals surface area contributed by atoms with Gasteiger partial charge in [-0.15, -0.1) is 0 Å². The fourth-order valence-electron chi connectivity index (χ4n) is 0.755. The van der Waals surface area contributed by atoms with E-state index in [0.717, 1.165) is 0 Å². The molecule has 0 unspecified atom stereocenters. The Labute approximate surface area is 82.0 Å². The lowest BCUT2D eigenvalue weighted by Crippen LogP contribution is -2.09. The van der Waals surface area contributed by atoms with Crippen molar-refractivity contribution in [2.45, 2.75) is 32.6 Å². The number of nitrogens with zero attached hydrogens (tertiary/aromatic N) is 1. The third kappa shape index (κ3) is 7.23. The molecule has 14 heavy (non-hydrogen) atoms. The summed E-state index contributed by atoms with van der Waals surface area (Å²) < 4.78 is 0. The molecule has 0 aliphatic rings. The number of oxime groups is 1. The number of rotatable bonds is 6. The van der Waals surface area contributed by atoms with Crippen LogP contribution in [0.25, 0.3) is 0 Å². The van der Waals surface area contributed by atoms with E-state index in [1.807, 2.05) is 0 Å². The van der Waals surface area contributed by atoms with Gasteiger partial charge in [0.05, 0.1) is 0 Å². The lowest BCUT2D eigenvalue weighted by molar-refractivity contribution is -0.146. The lowest BCUT2D eigenvalue weighted by atomic mass is 10.2. The van der Waals surface area contributed by atoms with Crippen LogP contribution in [0.2, 0.25) is 0 Å². The highest BCUT2D eigenvalue weighted by molar-refractivity contribution is 5.70. The highest BCUT2D eigenvalue weighted by atomic mass is 16.7. The maximum absolute atomic E-state index is 10.8. The first-order valence-corrected chi connectivity index (χ1v) is 4.28. The molecule has 0 radical (unpaired) electrons. The molecule has 0 saturated carbocycles. The van der Waals surface area contributed by atoms with Crippen molar-refractivity contribution in [1.29, 1.82) is 0 Å². The average Bonchev–Trinajstić information content (AvgIpc) is 2.21. The Balaban J connectivity index is 3.36. The van der Waals surface area contributed by atoms with Gasteiger partial charge in [-0.2, -0.15) is 5.90 Å². The predicted octanol–water partition coefficient (Wildman–Crippen LogP) is 0.513. The van der Waals surface area contributed by atoms with Crippen LogP contribution in [0.5, 0.6) is 0 Å². The monoisotopic (exact) mass is 202 g/mol. The van der Waals surface area contributed by atoms with Crippen LogP contribution >= 0.6 is 0 Å². The topological polar surface area (TPSA) is 91.0 Å². The summed E-state index contributed by atoms with van der Waals surface area (Å²) in [7, 11) is 0. The highest BCUT2D eigenvalue weighted by Crippen LogP contribution is 2.02. The summed E-state index contributed by atoms with van der Waals surface area (Å²) in [4.78, 5) is 29.7. The van der Waals surface area contributed by atoms with E-state index in [2.05, 4.69) is 20.7 Å². The minimum absolute atomic E-state index is 0.209. The van der Waals surface area contributed by atoms with Gasteiger partial charge in [0.15, 0.2) is 0 Å². The van der Waals surface area contributed by atoms with Gasteiger partial charge in [0, 0.05) is 19.1 Å². The van der Waals surface area contributed by atoms with Gasteiger partial charge in [-0.05, 0) is 19.8 Å². The standard InChI is InChI=1S/C8H14N2O4/c1-2-10-14-8(12)6-4-3-5-7(11)13-9/h2H,3-6,9H2,1H3. The van der Waals surface area contributed by atoms with Crippen LogP contribution in [-0.2, 0) is 19.3 Å². The Morgan fingerprint density at radius 2 is 1.86 bits per heavy atom. The summed E-state index contributed by atoms with van der Waals surface area (Å²) in [6, 6.07) is 0. The summed E-state index contributed by atoms with van der Waals surface area (Å²) in [5.41, 5.74) is 0. The molecule has 0 aromatic carbocycles. The van der Waals surface area contributed by atoms with Gasteiger partial charge in [0.1, 0.15) is 0 Å². The molecule has 0 heterocycles. The minimum atomic E-state index is -0.482. The molecule has 6 nitrogen and oxygen atoms in total. The van der Waals surface area contributed by atoms with Crippen LogP contribution < -0.4 is 5.90 Å². The van der Waals surface area contributed by atoms with Gasteiger partial charge in [0.2, 0.25) is 0 Å². The predicted molar refractivity (Wildman–Crippen MR) is 49.0 cm³/mol. The van der Waals surface area contributed by atoms with Crippen molar-refractivity contribution in [2.24, 2.45) is 11.1 Å². The first-order valence-electron chi connectivity index (χ1n) is 4.28. The summed E-state index contributed by atoms with van der Waals surface area (Å²) >= 11 is 0. The van der Waals surface area contributed by atoms with Crippen molar-refractivity contribution in [1.82, 2.24) is 0 Å². The third-order valence-electron chi connectivity index (χ3n) is 1.40. The van der Waals surface area contributed by atoms with Crippen molar-refractivity contribution in [3.63, 3.8) is 0 Å². The third-order valence-corrected chi connectivity index (χ3v) is 1.40. The summed E-state index contributed by atoms with van der Waals surface area (Å²) in [6.07, 6.45) is 2.91. The molecule has 0 aromatic heterocycles. The van der Waals surface area contributed by atoms with E-state index in [1.54, 1.807) is 6.92 Å². The second-order valence-electron chi connectivity index (χ2n) is 2.52. The van der Waals surface area contributed by atoms with Crippen LogP contribution in [-0.4, -0.2) is 18.2 Å². The molecule has 0 rings (SSSR count). The van der Waals surface area contributed by atoms with E-state index in [4.69, 9.17) is 0 Å². The quantitative estimate of drug-likeness (QED) is 0.293. The van der Waals surface area contributed by atoms with Gasteiger partial charge >= 0.3 is 11.9 Å². The van der Waals surface area contributed by atoms with Crippen molar-refractivity contribution in [2.75, 3.05) is 0 Å². The van der Waals surface area contributed by atoms with Crippen molar-refractivity contribution in [3.05, 3.63) is 0 Å². The molecular formula is C8H14N2O4. The second-order valence-corrected chi connectivity index (χ2v) is 2.52. The Morgan fingerprint density at radius 1 is 1.29 bits per heavy atom. The summed E-state index contributed by atoms with van der Waals surface area (Å²) in [5.74, 6) is 3.73. The molecule has 2 N–H and O–H groups in total. The number of unbranched alkanes of at least 4 members (excludes halogenated alkanes) is 1. The number of carbonyl (C=O) groups is 2. The Hall–Kier alpha value is -1.43. The van der Waals surface area contributed by atoms with Crippen LogP contribution in [0, 0.1) is 0 Å². The molecule has 0 aliphatic carbocycles. The van der Waals surface area contributed by atoms with Gasteiger partial charge in [-0.1, -0.05) is 5.16 Å². The van der Waals surface area contributed by atoms with E-state index in [1.165, 1.54) is 6.21 Å². The van der Waals surface area contributed by atoms with Crippen LogP contribution in [0.3, 0.4) is 0 Å². The van der Waals surface area contributed by atoms with Crippen molar-refractivity contribution in [3.8, 4) is 0 Å². The zero-order valence-corrected chi connectivity index (χ0v) is 8.06. The molecule has 0 aliphatic heterocycles. The summed E-state index contributed by atoms with van der Waals surface area (Å²) in [5, 5.41) is 3.32. The Morgan fingerprint density at radius 3 is 2.36 bits per heavy atom. The van der Waals surface area contributed by atoms with Crippen molar-refractivity contribution >= 4 is 18.2 Å². The molecule has 0 spiro atoms. The molecule has 80 valence electrons. The van der Waals surface area contributed by atoms with E-state index < -0.39 is 11.9 Å². The van der Waals surface area contributed by atoms with Crippen LogP contribution in [0.15, 0.2) is 5.16 Å². The van der Waals surface area contributed by atoms with Gasteiger partial charge < -0.3 is 9.68 Å². The zero-order chi connectivity index (χ0) is 10.8. The molecule has 6 heteroatoms. The number of nitrogens with two attached hydrogens (primary N) is 1. The van der Waals surface area contributed by atoms with Crippen LogP contribution in [0.4, 0.5) is 0 Å². The minimum Gasteiger partial charge on any atom is -0.373 e. The molecule has 0 atom stereocenters. The molecule has 0 fully saturated rings. The number of hydrogen-bond acceptors (Lipinski definition) is 6. The normalized spacial score (nSPS) is 10.1. The molecular weight excluding hydrogens is 188 g/mol. The fraction of sp³-hybridized carbons (Fsp3) is 0.625. The first-order chi connectivity index (χ1) is 6.70.